The molecule has 0 aromatic rings. The first-order chi connectivity index (χ1) is 7.07. The molecule has 15 heavy (non-hydrogen) atoms. The van der Waals surface area contributed by atoms with Crippen molar-refractivity contribution >= 4 is 5.97 Å². The average molecular weight is 220 g/mol. The van der Waals surface area contributed by atoms with Crippen molar-refractivity contribution < 1.29 is 24.5 Å². The first kappa shape index (κ1) is 14.3. The quantitative estimate of drug-likeness (QED) is 0.558. The van der Waals surface area contributed by atoms with E-state index in [2.05, 4.69) is 6.92 Å². The highest BCUT2D eigenvalue weighted by Gasteiger charge is 2.13. The van der Waals surface area contributed by atoms with Gasteiger partial charge in [-0.15, -0.1) is 0 Å². The predicted octanol–water partition coefficient (Wildman–Crippen LogP) is 0.654. The molecule has 90 valence electrons. The normalized spacial score (nSPS) is 14.9. The van der Waals surface area contributed by atoms with Crippen LogP contribution < -0.4 is 0 Å². The van der Waals surface area contributed by atoms with Gasteiger partial charge in [0, 0.05) is 6.61 Å². The highest BCUT2D eigenvalue weighted by atomic mass is 16.5. The Morgan fingerprint density at radius 1 is 1.40 bits per heavy atom. The molecule has 0 radical (unpaired) electrons. The molecule has 0 bridgehead atoms. The Labute approximate surface area is 90.0 Å². The van der Waals surface area contributed by atoms with Crippen molar-refractivity contribution in [1.29, 1.82) is 0 Å². The topological polar surface area (TPSA) is 76.0 Å². The van der Waals surface area contributed by atoms with Gasteiger partial charge in [-0.25, -0.2) is 4.79 Å². The van der Waals surface area contributed by atoms with Crippen LogP contribution in [0.1, 0.15) is 26.7 Å². The number of carbonyl (C=O) groups is 1. The number of hydrogen-bond acceptors (Lipinski definition) is 4. The Kier molecular flexibility index (Phi) is 8.27. The zero-order valence-electron chi connectivity index (χ0n) is 9.31. The van der Waals surface area contributed by atoms with E-state index in [0.29, 0.717) is 6.61 Å². The van der Waals surface area contributed by atoms with Gasteiger partial charge >= 0.3 is 5.97 Å². The molecule has 0 aliphatic rings. The van der Waals surface area contributed by atoms with E-state index in [1.54, 1.807) is 0 Å². The fourth-order valence-electron chi connectivity index (χ4n) is 0.841. The van der Waals surface area contributed by atoms with Crippen LogP contribution in [-0.2, 0) is 14.3 Å². The summed E-state index contributed by atoms with van der Waals surface area (Å²) in [5.41, 5.74) is 0. The fourth-order valence-corrected chi connectivity index (χ4v) is 0.841. The maximum atomic E-state index is 10.4. The van der Waals surface area contributed by atoms with Crippen LogP contribution in [0.3, 0.4) is 0 Å². The van der Waals surface area contributed by atoms with Gasteiger partial charge in [0.15, 0.2) is 6.10 Å². The van der Waals surface area contributed by atoms with Gasteiger partial charge in [-0.1, -0.05) is 13.3 Å². The minimum Gasteiger partial charge on any atom is -0.479 e. The summed E-state index contributed by atoms with van der Waals surface area (Å²) >= 11 is 0. The molecule has 5 nitrogen and oxygen atoms in total. The lowest BCUT2D eigenvalue weighted by atomic mass is 10.3. The molecule has 5 heteroatoms. The number of ether oxygens (including phenoxy) is 2. The first-order valence-corrected chi connectivity index (χ1v) is 5.18. The van der Waals surface area contributed by atoms with Gasteiger partial charge in [-0.05, 0) is 13.3 Å². The van der Waals surface area contributed by atoms with Gasteiger partial charge in [0.25, 0.3) is 0 Å². The third kappa shape index (κ3) is 8.35. The largest absolute Gasteiger partial charge is 0.479 e. The Hall–Kier alpha value is -0.650. The Morgan fingerprint density at radius 3 is 2.60 bits per heavy atom. The second-order valence-electron chi connectivity index (χ2n) is 3.40. The number of hydrogen-bond donors (Lipinski definition) is 2. The second-order valence-corrected chi connectivity index (χ2v) is 3.40. The Morgan fingerprint density at radius 2 is 2.07 bits per heavy atom. The number of aliphatic carboxylic acids is 1. The monoisotopic (exact) mass is 220 g/mol. The van der Waals surface area contributed by atoms with Crippen LogP contribution in [0.4, 0.5) is 0 Å². The van der Waals surface area contributed by atoms with Crippen LogP contribution >= 0.6 is 0 Å². The van der Waals surface area contributed by atoms with E-state index in [9.17, 15) is 9.90 Å². The van der Waals surface area contributed by atoms with Crippen LogP contribution in [0.25, 0.3) is 0 Å². The van der Waals surface area contributed by atoms with E-state index < -0.39 is 18.2 Å². The summed E-state index contributed by atoms with van der Waals surface area (Å²) < 4.78 is 10.0. The van der Waals surface area contributed by atoms with E-state index in [0.717, 1.165) is 12.8 Å². The SMILES string of the molecule is CCCCOCC(O)CO[C@H](C)C(=O)O. The smallest absolute Gasteiger partial charge is 0.332 e. The van der Waals surface area contributed by atoms with E-state index in [1.165, 1.54) is 6.92 Å². The minimum absolute atomic E-state index is 0.0143. The molecule has 0 aliphatic heterocycles. The van der Waals surface area contributed by atoms with Gasteiger partial charge in [-0.3, -0.25) is 0 Å². The number of unbranched alkanes of at least 4 members (excludes halogenated alkanes) is 1. The van der Waals surface area contributed by atoms with Crippen molar-refractivity contribution in [3.8, 4) is 0 Å². The molecule has 0 heterocycles. The minimum atomic E-state index is -1.03. The number of carboxylic acid groups (broad SMARTS) is 1. The summed E-state index contributed by atoms with van der Waals surface area (Å²) in [7, 11) is 0. The van der Waals surface area contributed by atoms with Gasteiger partial charge in [0.1, 0.15) is 6.10 Å². The van der Waals surface area contributed by atoms with Crippen LogP contribution in [0, 0.1) is 0 Å². The van der Waals surface area contributed by atoms with Crippen molar-refractivity contribution in [1.82, 2.24) is 0 Å². The molecule has 0 fully saturated rings. The zero-order chi connectivity index (χ0) is 11.7. The predicted molar refractivity (Wildman–Crippen MR) is 54.8 cm³/mol. The van der Waals surface area contributed by atoms with E-state index >= 15 is 0 Å². The molecule has 2 N–H and O–H groups in total. The third-order valence-corrected chi connectivity index (χ3v) is 1.84. The summed E-state index contributed by atoms with van der Waals surface area (Å²) in [6.45, 7) is 4.26. The third-order valence-electron chi connectivity index (χ3n) is 1.84. The molecule has 0 rings (SSSR count). The van der Waals surface area contributed by atoms with Crippen molar-refractivity contribution in [2.75, 3.05) is 19.8 Å². The molecule has 1 unspecified atom stereocenters. The lowest BCUT2D eigenvalue weighted by Crippen LogP contribution is -2.28. The molecule has 0 aromatic carbocycles. The lowest BCUT2D eigenvalue weighted by molar-refractivity contribution is -0.151. The number of rotatable bonds is 9. The van der Waals surface area contributed by atoms with Crippen molar-refractivity contribution in [2.24, 2.45) is 0 Å². The van der Waals surface area contributed by atoms with Gasteiger partial charge in [0.05, 0.1) is 13.2 Å². The Balaban J connectivity index is 3.40. The van der Waals surface area contributed by atoms with Crippen molar-refractivity contribution in [2.45, 2.75) is 38.9 Å². The van der Waals surface area contributed by atoms with E-state index in [4.69, 9.17) is 14.6 Å². The molecule has 0 aromatic heterocycles. The summed E-state index contributed by atoms with van der Waals surface area (Å²) in [6, 6.07) is 0. The zero-order valence-corrected chi connectivity index (χ0v) is 9.31. The molecule has 0 saturated heterocycles. The highest BCUT2D eigenvalue weighted by Crippen LogP contribution is 1.95. The molecule has 0 amide bonds. The molecule has 0 saturated carbocycles. The Bertz CT molecular complexity index is 171. The van der Waals surface area contributed by atoms with Gasteiger partial charge < -0.3 is 19.7 Å². The summed E-state index contributed by atoms with van der Waals surface area (Å²) in [5.74, 6) is -1.03. The van der Waals surface area contributed by atoms with Crippen LogP contribution in [0.5, 0.6) is 0 Å². The second kappa shape index (κ2) is 8.64. The fraction of sp³-hybridized carbons (Fsp3) is 0.900. The van der Waals surface area contributed by atoms with Gasteiger partial charge in [-0.2, -0.15) is 0 Å². The summed E-state index contributed by atoms with van der Waals surface area (Å²) in [6.07, 6.45) is 0.348. The highest BCUT2D eigenvalue weighted by molar-refractivity contribution is 5.71. The average Bonchev–Trinajstić information content (AvgIpc) is 2.20. The molecular formula is C10H20O5. The first-order valence-electron chi connectivity index (χ1n) is 5.18. The standard InChI is InChI=1S/C10H20O5/c1-3-4-5-14-6-9(11)7-15-8(2)10(12)13/h8-9,11H,3-7H2,1-2H3,(H,12,13)/t8-,9?/m1/s1. The number of carboxylic acids is 1. The molecule has 0 aliphatic carbocycles. The molecule has 0 spiro atoms. The van der Waals surface area contributed by atoms with E-state index in [-0.39, 0.29) is 13.2 Å². The van der Waals surface area contributed by atoms with Crippen molar-refractivity contribution in [3.63, 3.8) is 0 Å². The van der Waals surface area contributed by atoms with Crippen LogP contribution in [0.15, 0.2) is 0 Å². The molecule has 2 atom stereocenters. The van der Waals surface area contributed by atoms with Crippen LogP contribution in [0.2, 0.25) is 0 Å². The summed E-state index contributed by atoms with van der Waals surface area (Å²) in [5, 5.41) is 17.8. The lowest BCUT2D eigenvalue weighted by Gasteiger charge is -2.13. The molecular weight excluding hydrogens is 200 g/mol. The maximum absolute atomic E-state index is 10.4. The number of aliphatic hydroxyl groups is 1. The van der Waals surface area contributed by atoms with Crippen LogP contribution in [-0.4, -0.2) is 48.2 Å². The van der Waals surface area contributed by atoms with Gasteiger partial charge in [0.2, 0.25) is 0 Å². The number of aliphatic hydroxyl groups excluding tert-OH is 1. The maximum Gasteiger partial charge on any atom is 0.332 e. The van der Waals surface area contributed by atoms with E-state index in [1.807, 2.05) is 0 Å². The van der Waals surface area contributed by atoms with Crippen molar-refractivity contribution in [3.05, 3.63) is 0 Å². The summed E-state index contributed by atoms with van der Waals surface area (Å²) in [4.78, 5) is 10.4.